The molecule has 0 aromatic rings. The summed E-state index contributed by atoms with van der Waals surface area (Å²) in [6.07, 6.45) is 12.7. The van der Waals surface area contributed by atoms with Gasteiger partial charge in [0.25, 0.3) is 0 Å². The fourth-order valence-electron chi connectivity index (χ4n) is 2.26. The van der Waals surface area contributed by atoms with Gasteiger partial charge in [0.15, 0.2) is 0 Å². The third-order valence-electron chi connectivity index (χ3n) is 3.38. The number of hydrogen-bond acceptors (Lipinski definition) is 2. The third kappa shape index (κ3) is 12.0. The van der Waals surface area contributed by atoms with E-state index in [4.69, 9.17) is 9.31 Å². The topological polar surface area (TPSA) is 18.5 Å². The number of hydrogen-bond donors (Lipinski definition) is 0. The minimum Gasteiger partial charge on any atom is -0.405 e. The molecule has 0 saturated carbocycles. The predicted octanol–water partition coefficient (Wildman–Crippen LogP) is 5.95. The normalized spacial score (nSPS) is 12.5. The van der Waals surface area contributed by atoms with Gasteiger partial charge in [0.2, 0.25) is 0 Å². The van der Waals surface area contributed by atoms with Crippen LogP contribution in [0.25, 0.3) is 0 Å². The minimum atomic E-state index is -0.164. The molecule has 0 aromatic carbocycles. The van der Waals surface area contributed by atoms with Crippen molar-refractivity contribution in [1.82, 2.24) is 0 Å². The average molecular weight is 296 g/mol. The molecular weight excluding hydrogens is 259 g/mol. The quantitative estimate of drug-likeness (QED) is 0.309. The smallest absolute Gasteiger partial charge is 0.405 e. The maximum atomic E-state index is 6.01. The minimum absolute atomic E-state index is 0.164. The molecule has 0 aliphatic heterocycles. The second kappa shape index (κ2) is 13.4. The molecule has 0 aliphatic rings. The summed E-state index contributed by atoms with van der Waals surface area (Å²) in [5, 5.41) is 0. The molecule has 0 spiro atoms. The van der Waals surface area contributed by atoms with Crippen LogP contribution in [0.1, 0.15) is 92.9 Å². The molecular formula is C18H37BO2. The lowest BCUT2D eigenvalue weighted by molar-refractivity contribution is 0.135. The molecule has 124 valence electrons. The molecule has 0 heterocycles. The maximum absolute atomic E-state index is 6.01. The summed E-state index contributed by atoms with van der Waals surface area (Å²) in [5.41, 5.74) is 1.34. The van der Waals surface area contributed by atoms with Gasteiger partial charge in [0.1, 0.15) is 0 Å². The summed E-state index contributed by atoms with van der Waals surface area (Å²) in [5.74, 6) is 0. The maximum Gasteiger partial charge on any atom is 0.489 e. The monoisotopic (exact) mass is 296 g/mol. The van der Waals surface area contributed by atoms with Crippen LogP contribution in [0.15, 0.2) is 11.5 Å². The highest BCUT2D eigenvalue weighted by molar-refractivity contribution is 6.53. The van der Waals surface area contributed by atoms with Crippen LogP contribution in [0.2, 0.25) is 0 Å². The Kier molecular flexibility index (Phi) is 13.2. The van der Waals surface area contributed by atoms with E-state index in [0.29, 0.717) is 0 Å². The molecule has 0 aromatic heterocycles. The molecule has 0 rings (SSSR count). The molecule has 0 fully saturated rings. The molecule has 0 aliphatic carbocycles. The van der Waals surface area contributed by atoms with Crippen molar-refractivity contribution in [2.24, 2.45) is 0 Å². The SMILES string of the molecule is CCCCCC/C=C(\CCCC)B(OC(C)C)OC(C)C. The summed E-state index contributed by atoms with van der Waals surface area (Å²) in [6, 6.07) is 0. The van der Waals surface area contributed by atoms with Crippen LogP contribution in [-0.2, 0) is 9.31 Å². The fourth-order valence-corrected chi connectivity index (χ4v) is 2.26. The molecule has 0 bridgehead atoms. The predicted molar refractivity (Wildman–Crippen MR) is 94.6 cm³/mol. The summed E-state index contributed by atoms with van der Waals surface area (Å²) >= 11 is 0. The molecule has 0 amide bonds. The van der Waals surface area contributed by atoms with Crippen LogP contribution in [-0.4, -0.2) is 19.3 Å². The van der Waals surface area contributed by atoms with Crippen molar-refractivity contribution in [3.8, 4) is 0 Å². The van der Waals surface area contributed by atoms with E-state index in [1.165, 1.54) is 44.0 Å². The lowest BCUT2D eigenvalue weighted by Crippen LogP contribution is -2.32. The Morgan fingerprint density at radius 1 is 0.857 bits per heavy atom. The first kappa shape index (κ1) is 20.7. The van der Waals surface area contributed by atoms with Gasteiger partial charge >= 0.3 is 7.12 Å². The van der Waals surface area contributed by atoms with E-state index in [0.717, 1.165) is 12.8 Å². The standard InChI is InChI=1S/C18H37BO2/c1-7-9-11-12-13-15-18(14-10-8-2)19(20-16(3)4)21-17(5)6/h15-17H,7-14H2,1-6H3/b18-15+. The van der Waals surface area contributed by atoms with E-state index in [2.05, 4.69) is 47.6 Å². The van der Waals surface area contributed by atoms with Gasteiger partial charge < -0.3 is 9.31 Å². The summed E-state index contributed by atoms with van der Waals surface area (Å²) in [7, 11) is -0.164. The van der Waals surface area contributed by atoms with Crippen molar-refractivity contribution in [1.29, 1.82) is 0 Å². The van der Waals surface area contributed by atoms with Crippen molar-refractivity contribution < 1.29 is 9.31 Å². The number of rotatable bonds is 13. The number of unbranched alkanes of at least 4 members (excludes halogenated alkanes) is 5. The molecule has 2 nitrogen and oxygen atoms in total. The highest BCUT2D eigenvalue weighted by Crippen LogP contribution is 2.18. The van der Waals surface area contributed by atoms with Gasteiger partial charge in [0.05, 0.1) is 0 Å². The zero-order valence-electron chi connectivity index (χ0n) is 15.3. The first-order valence-corrected chi connectivity index (χ1v) is 9.01. The Hall–Kier alpha value is -0.275. The van der Waals surface area contributed by atoms with Crippen molar-refractivity contribution >= 4 is 7.12 Å². The summed E-state index contributed by atoms with van der Waals surface area (Å²) in [4.78, 5) is 0. The van der Waals surface area contributed by atoms with Crippen molar-refractivity contribution in [2.75, 3.05) is 0 Å². The van der Waals surface area contributed by atoms with Crippen LogP contribution in [0.5, 0.6) is 0 Å². The van der Waals surface area contributed by atoms with Gasteiger partial charge in [-0.3, -0.25) is 0 Å². The van der Waals surface area contributed by atoms with E-state index in [1.54, 1.807) is 0 Å². The van der Waals surface area contributed by atoms with E-state index in [-0.39, 0.29) is 19.3 Å². The Morgan fingerprint density at radius 3 is 1.90 bits per heavy atom. The van der Waals surface area contributed by atoms with Crippen LogP contribution in [0.4, 0.5) is 0 Å². The summed E-state index contributed by atoms with van der Waals surface area (Å²) in [6.45, 7) is 12.8. The zero-order valence-corrected chi connectivity index (χ0v) is 15.3. The van der Waals surface area contributed by atoms with E-state index in [9.17, 15) is 0 Å². The third-order valence-corrected chi connectivity index (χ3v) is 3.38. The van der Waals surface area contributed by atoms with E-state index in [1.807, 2.05) is 0 Å². The highest BCUT2D eigenvalue weighted by Gasteiger charge is 2.25. The molecule has 3 heteroatoms. The van der Waals surface area contributed by atoms with Gasteiger partial charge in [-0.05, 0) is 52.4 Å². The Morgan fingerprint density at radius 2 is 1.43 bits per heavy atom. The molecule has 21 heavy (non-hydrogen) atoms. The lowest BCUT2D eigenvalue weighted by Gasteiger charge is -2.22. The Labute approximate surface area is 133 Å². The largest absolute Gasteiger partial charge is 0.489 e. The van der Waals surface area contributed by atoms with Gasteiger partial charge in [-0.25, -0.2) is 0 Å². The Balaban J connectivity index is 4.64. The van der Waals surface area contributed by atoms with Gasteiger partial charge in [-0.2, -0.15) is 0 Å². The molecule has 0 unspecified atom stereocenters. The number of allylic oxidation sites excluding steroid dienone is 2. The molecule has 0 atom stereocenters. The van der Waals surface area contributed by atoms with Crippen LogP contribution in [0.3, 0.4) is 0 Å². The van der Waals surface area contributed by atoms with E-state index >= 15 is 0 Å². The first-order valence-electron chi connectivity index (χ1n) is 9.01. The average Bonchev–Trinajstić information content (AvgIpc) is 2.40. The highest BCUT2D eigenvalue weighted by atomic mass is 16.6. The van der Waals surface area contributed by atoms with Crippen molar-refractivity contribution in [3.05, 3.63) is 11.5 Å². The van der Waals surface area contributed by atoms with Gasteiger partial charge in [0, 0.05) is 12.2 Å². The van der Waals surface area contributed by atoms with Crippen molar-refractivity contribution in [3.63, 3.8) is 0 Å². The van der Waals surface area contributed by atoms with E-state index < -0.39 is 0 Å². The van der Waals surface area contributed by atoms with Gasteiger partial charge in [-0.15, -0.1) is 0 Å². The van der Waals surface area contributed by atoms with Gasteiger partial charge in [-0.1, -0.05) is 52.0 Å². The van der Waals surface area contributed by atoms with Crippen LogP contribution in [0, 0.1) is 0 Å². The van der Waals surface area contributed by atoms with Crippen LogP contribution >= 0.6 is 0 Å². The zero-order chi connectivity index (χ0) is 16.1. The van der Waals surface area contributed by atoms with Crippen molar-refractivity contribution in [2.45, 2.75) is 105 Å². The Bertz CT molecular complexity index is 252. The first-order chi connectivity index (χ1) is 10.0. The molecule has 0 N–H and O–H groups in total. The lowest BCUT2D eigenvalue weighted by atomic mass is 9.73. The fraction of sp³-hybridized carbons (Fsp3) is 0.889. The van der Waals surface area contributed by atoms with Crippen LogP contribution < -0.4 is 0 Å². The summed E-state index contributed by atoms with van der Waals surface area (Å²) < 4.78 is 12.0. The molecule has 0 saturated heterocycles. The second-order valence-electron chi connectivity index (χ2n) is 6.43. The second-order valence-corrected chi connectivity index (χ2v) is 6.43. The molecule has 0 radical (unpaired) electrons.